The van der Waals surface area contributed by atoms with Gasteiger partial charge < -0.3 is 9.72 Å². The van der Waals surface area contributed by atoms with Gasteiger partial charge >= 0.3 is 0 Å². The number of ether oxygens (including phenoxy) is 1. The maximum absolute atomic E-state index is 14.0. The Morgan fingerprint density at radius 2 is 1.50 bits per heavy atom. The van der Waals surface area contributed by atoms with Crippen LogP contribution in [0, 0.1) is 5.92 Å². The van der Waals surface area contributed by atoms with Crippen LogP contribution in [0.2, 0.25) is 0 Å². The molecule has 1 saturated carbocycles. The Morgan fingerprint density at radius 3 is 2.15 bits per heavy atom. The summed E-state index contributed by atoms with van der Waals surface area (Å²) < 4.78 is 5.75. The number of ketones is 2. The van der Waals surface area contributed by atoms with Gasteiger partial charge in [0.05, 0.1) is 27.7 Å². The van der Waals surface area contributed by atoms with Crippen molar-refractivity contribution < 1.29 is 23.9 Å². The molecule has 268 valence electrons. The molecule has 0 unspecified atom stereocenters. The Hall–Kier alpha value is -5.94. The lowest BCUT2D eigenvalue weighted by molar-refractivity contribution is 0.0880. The first-order chi connectivity index (χ1) is 26.1. The summed E-state index contributed by atoms with van der Waals surface area (Å²) in [6.45, 7) is 4.29. The predicted molar refractivity (Wildman–Crippen MR) is 206 cm³/mol. The standard InChI is InChI=1S/C43H34N4O6S/c1-22(2)21-54-35-19-24(23-7-3-4-8-23)10-13-34(35)47-42(51)30-17-25-15-28-29(16-26(25)18-31(30)43(47)52)39(49)37(38(28)48)40-45-33-12-11-27(20-32(33)41(50)46-40)53-36-9-5-6-14-44-36/h5-6,9-20,22-23,37H,3-4,7-8,21H2,1-2H3,(H,45,46,50). The van der Waals surface area contributed by atoms with E-state index in [2.05, 4.69) is 40.9 Å². The number of benzene rings is 4. The van der Waals surface area contributed by atoms with Crippen LogP contribution in [-0.2, 0) is 0 Å². The number of carbonyl (C=O) groups excluding carboxylic acids is 4. The largest absolute Gasteiger partial charge is 0.439 e. The Balaban J connectivity index is 1.03. The van der Waals surface area contributed by atoms with E-state index in [0.29, 0.717) is 45.4 Å². The molecule has 0 spiro atoms. The van der Waals surface area contributed by atoms with E-state index >= 15 is 0 Å². The van der Waals surface area contributed by atoms with Crippen LogP contribution in [-0.4, -0.2) is 44.1 Å². The van der Waals surface area contributed by atoms with E-state index in [1.165, 1.54) is 29.4 Å². The zero-order valence-corrected chi connectivity index (χ0v) is 30.4. The molecule has 0 bridgehead atoms. The quantitative estimate of drug-likeness (QED) is 0.0925. The normalized spacial score (nSPS) is 16.0. The van der Waals surface area contributed by atoms with Crippen molar-refractivity contribution in [2.45, 2.75) is 56.3 Å². The lowest BCUT2D eigenvalue weighted by Crippen LogP contribution is -2.30. The smallest absolute Gasteiger partial charge is 0.266 e. The monoisotopic (exact) mass is 734 g/mol. The van der Waals surface area contributed by atoms with E-state index in [9.17, 15) is 24.0 Å². The Bertz CT molecular complexity index is 2570. The number of H-pyrrole nitrogens is 1. The minimum absolute atomic E-state index is 0.0604. The van der Waals surface area contributed by atoms with Crippen LogP contribution in [0.1, 0.15) is 104 Å². The molecule has 9 rings (SSSR count). The van der Waals surface area contributed by atoms with Crippen molar-refractivity contribution in [3.05, 3.63) is 129 Å². The summed E-state index contributed by atoms with van der Waals surface area (Å²) in [6, 6.07) is 22.5. The lowest BCUT2D eigenvalue weighted by atomic mass is 9.97. The molecule has 6 aromatic rings. The van der Waals surface area contributed by atoms with Crippen molar-refractivity contribution in [3.63, 3.8) is 0 Å². The summed E-state index contributed by atoms with van der Waals surface area (Å²) in [5.41, 5.74) is 2.41. The van der Waals surface area contributed by atoms with Gasteiger partial charge in [-0.25, -0.2) is 14.9 Å². The maximum atomic E-state index is 14.0. The highest BCUT2D eigenvalue weighted by molar-refractivity contribution is 7.99. The van der Waals surface area contributed by atoms with Gasteiger partial charge in [-0.15, -0.1) is 11.8 Å². The van der Waals surface area contributed by atoms with Crippen molar-refractivity contribution >= 4 is 62.5 Å². The number of fused-ring (bicyclic) bond motifs is 4. The topological polar surface area (TPSA) is 139 Å². The number of aromatic amines is 1. The zero-order chi connectivity index (χ0) is 37.2. The van der Waals surface area contributed by atoms with E-state index in [-0.39, 0.29) is 33.5 Å². The summed E-state index contributed by atoms with van der Waals surface area (Å²) in [5.74, 6) is -0.795. The van der Waals surface area contributed by atoms with Gasteiger partial charge in [-0.1, -0.05) is 38.8 Å². The molecular formula is C43H34N4O6S. The van der Waals surface area contributed by atoms with Crippen LogP contribution in [0.25, 0.3) is 21.7 Å². The van der Waals surface area contributed by atoms with Gasteiger partial charge in [-0.2, -0.15) is 0 Å². The van der Waals surface area contributed by atoms with E-state index in [4.69, 9.17) is 4.74 Å². The molecule has 11 heteroatoms. The molecule has 2 amide bonds. The average molecular weight is 735 g/mol. The summed E-state index contributed by atoms with van der Waals surface area (Å²) in [6.07, 6.45) is 6.29. The number of rotatable bonds is 8. The fourth-order valence-electron chi connectivity index (χ4n) is 7.81. The minimum Gasteiger partial charge on any atom is -0.439 e. The fourth-order valence-corrected chi connectivity index (χ4v) is 8.85. The van der Waals surface area contributed by atoms with Crippen molar-refractivity contribution in [1.29, 1.82) is 0 Å². The van der Waals surface area contributed by atoms with Gasteiger partial charge in [0.15, 0.2) is 11.6 Å². The van der Waals surface area contributed by atoms with Crippen molar-refractivity contribution in [2.24, 2.45) is 5.92 Å². The average Bonchev–Trinajstić information content (AvgIpc) is 3.86. The molecular weight excluding hydrogens is 701 g/mol. The number of anilines is 1. The van der Waals surface area contributed by atoms with Gasteiger partial charge in [0.2, 0.25) is 5.88 Å². The number of amides is 2. The first kappa shape index (κ1) is 33.9. The summed E-state index contributed by atoms with van der Waals surface area (Å²) >= 11 is 1.66. The van der Waals surface area contributed by atoms with E-state index < -0.39 is 34.9 Å². The molecule has 2 aliphatic carbocycles. The number of pyridine rings is 1. The van der Waals surface area contributed by atoms with E-state index in [1.54, 1.807) is 72.6 Å². The van der Waals surface area contributed by atoms with Gasteiger partial charge in [0, 0.05) is 34.0 Å². The molecule has 54 heavy (non-hydrogen) atoms. The molecule has 1 aliphatic heterocycles. The van der Waals surface area contributed by atoms with Crippen LogP contribution < -0.4 is 15.2 Å². The molecule has 3 aliphatic rings. The maximum Gasteiger partial charge on any atom is 0.266 e. The number of hydrogen-bond acceptors (Lipinski definition) is 9. The Labute approximate surface area is 314 Å². The third kappa shape index (κ3) is 5.70. The van der Waals surface area contributed by atoms with Gasteiger partial charge in [0.25, 0.3) is 17.4 Å². The summed E-state index contributed by atoms with van der Waals surface area (Å²) in [7, 11) is 0. The van der Waals surface area contributed by atoms with Crippen molar-refractivity contribution in [3.8, 4) is 11.6 Å². The highest BCUT2D eigenvalue weighted by atomic mass is 32.2. The highest BCUT2D eigenvalue weighted by Gasteiger charge is 2.43. The van der Waals surface area contributed by atoms with Crippen LogP contribution in [0.4, 0.5) is 5.69 Å². The predicted octanol–water partition coefficient (Wildman–Crippen LogP) is 8.63. The van der Waals surface area contributed by atoms with Gasteiger partial charge in [0.1, 0.15) is 17.5 Å². The fraction of sp³-hybridized carbons (Fsp3) is 0.233. The Kier molecular flexibility index (Phi) is 8.26. The van der Waals surface area contributed by atoms with Gasteiger partial charge in [-0.3, -0.25) is 24.0 Å². The van der Waals surface area contributed by atoms with Crippen LogP contribution in [0.5, 0.6) is 11.6 Å². The summed E-state index contributed by atoms with van der Waals surface area (Å²) in [5, 5.41) is 1.31. The zero-order valence-electron chi connectivity index (χ0n) is 29.5. The molecule has 1 N–H and O–H groups in total. The second-order valence-electron chi connectivity index (χ2n) is 14.6. The number of carbonyl (C=O) groups is 4. The summed E-state index contributed by atoms with van der Waals surface area (Å²) in [4.78, 5) is 82.6. The van der Waals surface area contributed by atoms with Crippen molar-refractivity contribution in [2.75, 3.05) is 10.7 Å². The van der Waals surface area contributed by atoms with Crippen LogP contribution >= 0.6 is 11.8 Å². The van der Waals surface area contributed by atoms with E-state index in [1.807, 2.05) is 6.07 Å². The second-order valence-corrected chi connectivity index (χ2v) is 15.6. The molecule has 3 heterocycles. The Morgan fingerprint density at radius 1 is 0.815 bits per heavy atom. The number of imide groups is 1. The molecule has 2 aromatic heterocycles. The number of nitrogens with zero attached hydrogens (tertiary/aromatic N) is 3. The molecule has 0 atom stereocenters. The number of nitrogens with one attached hydrogen (secondary N) is 1. The third-order valence-electron chi connectivity index (χ3n) is 10.5. The molecule has 0 radical (unpaired) electrons. The van der Waals surface area contributed by atoms with Crippen LogP contribution in [0.15, 0.2) is 94.7 Å². The molecule has 4 aromatic carbocycles. The minimum atomic E-state index is -1.35. The second kappa shape index (κ2) is 13.2. The number of thioether (sulfide) groups is 1. The number of Topliss-reactive ketones (excluding diaryl/α,β-unsaturated/α-hetero) is 2. The van der Waals surface area contributed by atoms with Crippen LogP contribution in [0.3, 0.4) is 0 Å². The molecule has 0 saturated heterocycles. The highest BCUT2D eigenvalue weighted by Crippen LogP contribution is 2.43. The molecule has 10 nitrogen and oxygen atoms in total. The third-order valence-corrected chi connectivity index (χ3v) is 12.0. The van der Waals surface area contributed by atoms with Gasteiger partial charge in [-0.05, 0) is 102 Å². The first-order valence-electron chi connectivity index (χ1n) is 18.1. The number of hydrogen-bond donors (Lipinski definition) is 1. The SMILES string of the molecule is CC(C)CSc1cc(C2CCCC2)ccc1N1C(=O)c2cc3cc4c(cc3cc2C1=O)C(=O)C(c1nc2ccc(Oc3ccccn3)cc2c(=O)[nH]1)C4=O. The molecule has 1 fully saturated rings. The first-order valence-corrected chi connectivity index (χ1v) is 19.1. The van der Waals surface area contributed by atoms with Crippen molar-refractivity contribution in [1.82, 2.24) is 15.0 Å². The number of aromatic nitrogens is 3. The van der Waals surface area contributed by atoms with E-state index in [0.717, 1.165) is 23.5 Å². The lowest BCUT2D eigenvalue weighted by Gasteiger charge is -2.21.